The highest BCUT2D eigenvalue weighted by Crippen LogP contribution is 2.77. The number of nitrogens with two attached hydrogens (primary N) is 1. The molecule has 3 rings (SSSR count). The molecule has 3 aliphatic rings. The summed E-state index contributed by atoms with van der Waals surface area (Å²) in [4.78, 5) is 10.7. The molecule has 0 unspecified atom stereocenters. The Morgan fingerprint density at radius 3 is 2.08 bits per heavy atom. The molecule has 3 N–H and O–H groups in total. The third-order valence-corrected chi connectivity index (χ3v) is 4.26. The van der Waals surface area contributed by atoms with Crippen LogP contribution < -0.4 is 5.73 Å². The van der Waals surface area contributed by atoms with Gasteiger partial charge >= 0.3 is 5.97 Å². The Bertz CT molecular complexity index is 240. The second-order valence-electron chi connectivity index (χ2n) is 5.23. The van der Waals surface area contributed by atoms with Crippen molar-refractivity contribution in [3.63, 3.8) is 0 Å². The standard InChI is InChI=1S/C10H17NO2/c1-6(2)9-3-10(4-9,5-9)7(11)8(12)13/h6-7H,3-5,11H2,1-2H3,(H,12,13)/t7-,9?,10?/m1/s1. The van der Waals surface area contributed by atoms with E-state index < -0.39 is 12.0 Å². The second-order valence-corrected chi connectivity index (χ2v) is 5.23. The lowest BCUT2D eigenvalue weighted by molar-refractivity contribution is -0.241. The molecule has 3 nitrogen and oxygen atoms in total. The second kappa shape index (κ2) is 2.27. The Morgan fingerprint density at radius 1 is 1.31 bits per heavy atom. The topological polar surface area (TPSA) is 63.3 Å². The van der Waals surface area contributed by atoms with Gasteiger partial charge in [0.1, 0.15) is 6.04 Å². The van der Waals surface area contributed by atoms with Gasteiger partial charge in [-0.05, 0) is 36.0 Å². The Morgan fingerprint density at radius 2 is 1.77 bits per heavy atom. The molecule has 74 valence electrons. The van der Waals surface area contributed by atoms with Crippen molar-refractivity contribution in [2.75, 3.05) is 0 Å². The fourth-order valence-electron chi connectivity index (χ4n) is 3.15. The van der Waals surface area contributed by atoms with Crippen molar-refractivity contribution in [3.05, 3.63) is 0 Å². The van der Waals surface area contributed by atoms with Gasteiger partial charge in [0.15, 0.2) is 0 Å². The maximum Gasteiger partial charge on any atom is 0.321 e. The quantitative estimate of drug-likeness (QED) is 0.691. The summed E-state index contributed by atoms with van der Waals surface area (Å²) in [5.41, 5.74) is 6.07. The van der Waals surface area contributed by atoms with E-state index in [1.165, 1.54) is 0 Å². The molecule has 0 aromatic rings. The highest BCUT2D eigenvalue weighted by molar-refractivity contribution is 5.75. The van der Waals surface area contributed by atoms with Crippen molar-refractivity contribution >= 4 is 5.97 Å². The SMILES string of the molecule is CC(C)C12CC([C@H](N)C(=O)O)(C1)C2. The maximum absolute atomic E-state index is 10.7. The zero-order valence-corrected chi connectivity index (χ0v) is 8.21. The van der Waals surface area contributed by atoms with Crippen molar-refractivity contribution in [2.45, 2.75) is 39.2 Å². The van der Waals surface area contributed by atoms with Gasteiger partial charge in [-0.2, -0.15) is 0 Å². The van der Waals surface area contributed by atoms with E-state index in [1.807, 2.05) is 0 Å². The van der Waals surface area contributed by atoms with Crippen LogP contribution in [0.15, 0.2) is 0 Å². The Hall–Kier alpha value is -0.570. The van der Waals surface area contributed by atoms with Crippen LogP contribution in [0.3, 0.4) is 0 Å². The third-order valence-electron chi connectivity index (χ3n) is 4.26. The van der Waals surface area contributed by atoms with Gasteiger partial charge in [-0.25, -0.2) is 0 Å². The third kappa shape index (κ3) is 0.909. The minimum Gasteiger partial charge on any atom is -0.480 e. The first-order valence-electron chi connectivity index (χ1n) is 4.90. The summed E-state index contributed by atoms with van der Waals surface area (Å²) in [6, 6.07) is -0.631. The number of hydrogen-bond acceptors (Lipinski definition) is 2. The van der Waals surface area contributed by atoms with Crippen molar-refractivity contribution in [3.8, 4) is 0 Å². The van der Waals surface area contributed by atoms with Crippen LogP contribution in [-0.2, 0) is 4.79 Å². The highest BCUT2D eigenvalue weighted by atomic mass is 16.4. The van der Waals surface area contributed by atoms with Crippen molar-refractivity contribution in [1.29, 1.82) is 0 Å². The van der Waals surface area contributed by atoms with Crippen LogP contribution in [0, 0.1) is 16.7 Å². The summed E-state index contributed by atoms with van der Waals surface area (Å²) in [6.45, 7) is 4.44. The van der Waals surface area contributed by atoms with Gasteiger partial charge in [0.25, 0.3) is 0 Å². The summed E-state index contributed by atoms with van der Waals surface area (Å²) in [6.07, 6.45) is 3.10. The fourth-order valence-corrected chi connectivity index (χ4v) is 3.15. The first-order chi connectivity index (χ1) is 5.92. The molecule has 13 heavy (non-hydrogen) atoms. The van der Waals surface area contributed by atoms with Crippen molar-refractivity contribution in [1.82, 2.24) is 0 Å². The van der Waals surface area contributed by atoms with Gasteiger partial charge in [-0.15, -0.1) is 0 Å². The van der Waals surface area contributed by atoms with Gasteiger partial charge in [-0.3, -0.25) is 4.79 Å². The number of carbonyl (C=O) groups is 1. The predicted octanol–water partition coefficient (Wildman–Crippen LogP) is 1.22. The zero-order valence-electron chi connectivity index (χ0n) is 8.21. The van der Waals surface area contributed by atoms with E-state index in [0.717, 1.165) is 19.3 Å². The monoisotopic (exact) mass is 183 g/mol. The first-order valence-corrected chi connectivity index (χ1v) is 4.90. The average molecular weight is 183 g/mol. The molecule has 0 radical (unpaired) electrons. The van der Waals surface area contributed by atoms with Crippen LogP contribution in [0.1, 0.15) is 33.1 Å². The molecule has 3 fully saturated rings. The van der Waals surface area contributed by atoms with Crippen LogP contribution in [-0.4, -0.2) is 17.1 Å². The lowest BCUT2D eigenvalue weighted by Crippen LogP contribution is -2.71. The maximum atomic E-state index is 10.7. The van der Waals surface area contributed by atoms with Gasteiger partial charge in [0, 0.05) is 0 Å². The van der Waals surface area contributed by atoms with Crippen LogP contribution in [0.2, 0.25) is 0 Å². The van der Waals surface area contributed by atoms with Crippen LogP contribution in [0.4, 0.5) is 0 Å². The van der Waals surface area contributed by atoms with E-state index in [4.69, 9.17) is 10.8 Å². The first kappa shape index (κ1) is 9.00. The molecule has 0 saturated heterocycles. The predicted molar refractivity (Wildman–Crippen MR) is 49.2 cm³/mol. The number of rotatable bonds is 3. The summed E-state index contributed by atoms with van der Waals surface area (Å²) >= 11 is 0. The van der Waals surface area contributed by atoms with E-state index in [2.05, 4.69) is 13.8 Å². The molecule has 3 saturated carbocycles. The number of carboxylic acid groups (broad SMARTS) is 1. The molecular formula is C10H17NO2. The van der Waals surface area contributed by atoms with Crippen molar-refractivity contribution < 1.29 is 9.90 Å². The lowest BCUT2D eigenvalue weighted by atomic mass is 9.30. The normalized spacial score (nSPS) is 43.7. The molecule has 1 atom stereocenters. The molecular weight excluding hydrogens is 166 g/mol. The van der Waals surface area contributed by atoms with Gasteiger partial charge < -0.3 is 10.8 Å². The molecule has 2 bridgehead atoms. The molecule has 0 amide bonds. The Kier molecular flexibility index (Phi) is 1.57. The lowest BCUT2D eigenvalue weighted by Gasteiger charge is -2.74. The molecule has 0 spiro atoms. The Balaban J connectivity index is 2.00. The highest BCUT2D eigenvalue weighted by Gasteiger charge is 2.71. The summed E-state index contributed by atoms with van der Waals surface area (Å²) in [5.74, 6) is -0.160. The molecule has 3 aliphatic carbocycles. The summed E-state index contributed by atoms with van der Waals surface area (Å²) in [7, 11) is 0. The average Bonchev–Trinajstić information content (AvgIpc) is 1.79. The molecule has 0 aliphatic heterocycles. The van der Waals surface area contributed by atoms with E-state index in [-0.39, 0.29) is 5.41 Å². The van der Waals surface area contributed by atoms with Crippen molar-refractivity contribution in [2.24, 2.45) is 22.5 Å². The van der Waals surface area contributed by atoms with E-state index in [9.17, 15) is 4.79 Å². The van der Waals surface area contributed by atoms with Crippen LogP contribution in [0.25, 0.3) is 0 Å². The molecule has 3 heteroatoms. The molecule has 0 aromatic carbocycles. The van der Waals surface area contributed by atoms with Gasteiger partial charge in [0.05, 0.1) is 0 Å². The Labute approximate surface area is 78.3 Å². The van der Waals surface area contributed by atoms with E-state index >= 15 is 0 Å². The largest absolute Gasteiger partial charge is 0.480 e. The molecule has 0 aromatic heterocycles. The minimum absolute atomic E-state index is 0.0316. The smallest absolute Gasteiger partial charge is 0.321 e. The molecule has 0 heterocycles. The number of carboxylic acids is 1. The van der Waals surface area contributed by atoms with Crippen LogP contribution in [0.5, 0.6) is 0 Å². The summed E-state index contributed by atoms with van der Waals surface area (Å²) < 4.78 is 0. The van der Waals surface area contributed by atoms with Gasteiger partial charge in [0.2, 0.25) is 0 Å². The van der Waals surface area contributed by atoms with Crippen LogP contribution >= 0.6 is 0 Å². The summed E-state index contributed by atoms with van der Waals surface area (Å²) in [5, 5.41) is 8.80. The number of hydrogen-bond donors (Lipinski definition) is 2. The van der Waals surface area contributed by atoms with Gasteiger partial charge in [-0.1, -0.05) is 13.8 Å². The van der Waals surface area contributed by atoms with E-state index in [0.29, 0.717) is 11.3 Å². The number of aliphatic carboxylic acids is 1. The fraction of sp³-hybridized carbons (Fsp3) is 0.900. The van der Waals surface area contributed by atoms with E-state index in [1.54, 1.807) is 0 Å². The minimum atomic E-state index is -0.836. The zero-order chi connectivity index (χ0) is 9.85.